The summed E-state index contributed by atoms with van der Waals surface area (Å²) in [5, 5.41) is 3.58. The van der Waals surface area contributed by atoms with Gasteiger partial charge in [0.25, 0.3) is 0 Å². The van der Waals surface area contributed by atoms with E-state index in [-0.39, 0.29) is 12.0 Å². The molecular weight excluding hydrogens is 551 g/mol. The van der Waals surface area contributed by atoms with E-state index in [1.54, 1.807) is 84.1 Å². The van der Waals surface area contributed by atoms with Crippen molar-refractivity contribution in [2.45, 2.75) is 66.1 Å². The molecule has 0 fully saturated rings. The topological polar surface area (TPSA) is 94.6 Å². The molecule has 0 spiro atoms. The second-order valence-electron chi connectivity index (χ2n) is 11.5. The van der Waals surface area contributed by atoms with Gasteiger partial charge in [-0.15, -0.1) is 0 Å². The summed E-state index contributed by atoms with van der Waals surface area (Å²) in [5.74, 6) is -3.09. The third-order valence-corrected chi connectivity index (χ3v) is 6.10. The van der Waals surface area contributed by atoms with Crippen molar-refractivity contribution < 1.29 is 23.9 Å². The molecule has 0 aliphatic heterocycles. The molecule has 0 radical (unpaired) electrons. The van der Waals surface area contributed by atoms with Gasteiger partial charge in [-0.2, -0.15) is 0 Å². The average Bonchev–Trinajstić information content (AvgIpc) is 2.81. The van der Waals surface area contributed by atoms with Crippen molar-refractivity contribution in [3.8, 4) is 11.1 Å². The minimum Gasteiger partial charge on any atom is -0.459 e. The van der Waals surface area contributed by atoms with Crippen LogP contribution in [0.2, 0.25) is 10.0 Å². The standard InChI is InChI=1S/C31H34Cl2N2O5/c1-18-12-19(10-11-34-18)21-13-22(28(37)39-30(2,3)4)15-24(14-21)35-27(36)25(29(38)40-31(5,6)7)16-20-8-9-23(32)17-26(20)33/h8-15,17,25H,16H2,1-7H3,(H,35,36). The molecule has 3 rings (SSSR count). The molecule has 1 amide bonds. The van der Waals surface area contributed by atoms with Crippen molar-refractivity contribution in [1.29, 1.82) is 0 Å². The van der Waals surface area contributed by atoms with Crippen LogP contribution >= 0.6 is 23.2 Å². The van der Waals surface area contributed by atoms with Crippen molar-refractivity contribution >= 4 is 46.7 Å². The molecule has 40 heavy (non-hydrogen) atoms. The van der Waals surface area contributed by atoms with Crippen LogP contribution < -0.4 is 5.32 Å². The molecule has 1 aromatic heterocycles. The van der Waals surface area contributed by atoms with E-state index in [1.165, 1.54) is 6.07 Å². The first-order valence-corrected chi connectivity index (χ1v) is 13.6. The van der Waals surface area contributed by atoms with Gasteiger partial charge in [-0.1, -0.05) is 29.3 Å². The molecule has 0 aliphatic rings. The van der Waals surface area contributed by atoms with Crippen molar-refractivity contribution in [2.75, 3.05) is 5.32 Å². The Morgan fingerprint density at radius 1 is 0.875 bits per heavy atom. The van der Waals surface area contributed by atoms with Crippen LogP contribution in [0.25, 0.3) is 11.1 Å². The lowest BCUT2D eigenvalue weighted by atomic mass is 9.97. The van der Waals surface area contributed by atoms with E-state index in [1.807, 2.05) is 13.0 Å². The van der Waals surface area contributed by atoms with E-state index in [4.69, 9.17) is 32.7 Å². The monoisotopic (exact) mass is 584 g/mol. The first-order chi connectivity index (χ1) is 18.5. The van der Waals surface area contributed by atoms with E-state index < -0.39 is 35.0 Å². The second kappa shape index (κ2) is 12.4. The van der Waals surface area contributed by atoms with Crippen LogP contribution in [-0.4, -0.2) is 34.0 Å². The number of rotatable bonds is 7. The summed E-state index contributed by atoms with van der Waals surface area (Å²) < 4.78 is 11.1. The zero-order chi connectivity index (χ0) is 29.8. The van der Waals surface area contributed by atoms with Crippen molar-refractivity contribution in [1.82, 2.24) is 4.98 Å². The van der Waals surface area contributed by atoms with E-state index >= 15 is 0 Å². The molecule has 0 aliphatic carbocycles. The fourth-order valence-electron chi connectivity index (χ4n) is 3.84. The number of aryl methyl sites for hydroxylation is 1. The van der Waals surface area contributed by atoms with Crippen LogP contribution in [0.1, 0.15) is 63.2 Å². The second-order valence-corrected chi connectivity index (χ2v) is 12.3. The Labute approximate surface area is 245 Å². The lowest BCUT2D eigenvalue weighted by Crippen LogP contribution is -2.37. The van der Waals surface area contributed by atoms with Gasteiger partial charge in [0.2, 0.25) is 5.91 Å². The molecule has 212 valence electrons. The lowest BCUT2D eigenvalue weighted by Gasteiger charge is -2.24. The van der Waals surface area contributed by atoms with Crippen molar-refractivity contribution in [2.24, 2.45) is 5.92 Å². The lowest BCUT2D eigenvalue weighted by molar-refractivity contribution is -0.161. The molecule has 0 saturated carbocycles. The summed E-state index contributed by atoms with van der Waals surface area (Å²) in [6, 6.07) is 13.5. The number of benzene rings is 2. The van der Waals surface area contributed by atoms with Gasteiger partial charge in [0, 0.05) is 27.6 Å². The number of hydrogen-bond donors (Lipinski definition) is 1. The Balaban J connectivity index is 2.02. The highest BCUT2D eigenvalue weighted by Gasteiger charge is 2.32. The molecule has 0 bridgehead atoms. The summed E-state index contributed by atoms with van der Waals surface area (Å²) in [7, 11) is 0. The summed E-state index contributed by atoms with van der Waals surface area (Å²) in [6.07, 6.45) is 1.65. The van der Waals surface area contributed by atoms with Crippen LogP contribution in [0, 0.1) is 12.8 Å². The first-order valence-electron chi connectivity index (χ1n) is 12.8. The molecule has 1 N–H and O–H groups in total. The maximum atomic E-state index is 13.6. The predicted molar refractivity (Wildman–Crippen MR) is 158 cm³/mol. The van der Waals surface area contributed by atoms with Crippen molar-refractivity contribution in [3.05, 3.63) is 81.6 Å². The molecule has 1 unspecified atom stereocenters. The Hall–Kier alpha value is -3.42. The van der Waals surface area contributed by atoms with Crippen LogP contribution in [-0.2, 0) is 25.5 Å². The number of pyridine rings is 1. The van der Waals surface area contributed by atoms with E-state index in [9.17, 15) is 14.4 Å². The third kappa shape index (κ3) is 9.07. The van der Waals surface area contributed by atoms with E-state index in [2.05, 4.69) is 10.3 Å². The zero-order valence-corrected chi connectivity index (χ0v) is 25.2. The van der Waals surface area contributed by atoms with Gasteiger partial charge in [0.05, 0.1) is 5.56 Å². The Morgan fingerprint density at radius 2 is 1.55 bits per heavy atom. The highest BCUT2D eigenvalue weighted by atomic mass is 35.5. The normalized spacial score (nSPS) is 12.4. The Morgan fingerprint density at radius 3 is 2.15 bits per heavy atom. The predicted octanol–water partition coefficient (Wildman–Crippen LogP) is 7.46. The smallest absolute Gasteiger partial charge is 0.338 e. The largest absolute Gasteiger partial charge is 0.459 e. The number of carbonyl (C=O) groups excluding carboxylic acids is 3. The van der Waals surface area contributed by atoms with Gasteiger partial charge in [0.15, 0.2) is 0 Å². The maximum Gasteiger partial charge on any atom is 0.338 e. The zero-order valence-electron chi connectivity index (χ0n) is 23.7. The molecule has 2 aromatic carbocycles. The van der Waals surface area contributed by atoms with Crippen LogP contribution in [0.4, 0.5) is 5.69 Å². The molecule has 7 nitrogen and oxygen atoms in total. The fraction of sp³-hybridized carbons (Fsp3) is 0.355. The van der Waals surface area contributed by atoms with Crippen LogP contribution in [0.15, 0.2) is 54.7 Å². The molecule has 9 heteroatoms. The summed E-state index contributed by atoms with van der Waals surface area (Å²) in [6.45, 7) is 12.4. The number of anilines is 1. The molecule has 3 aromatic rings. The van der Waals surface area contributed by atoms with Gasteiger partial charge in [0.1, 0.15) is 17.1 Å². The maximum absolute atomic E-state index is 13.6. The quantitative estimate of drug-likeness (QED) is 0.229. The van der Waals surface area contributed by atoms with Gasteiger partial charge in [-0.05, 0) is 114 Å². The number of ether oxygens (including phenoxy) is 2. The number of amides is 1. The van der Waals surface area contributed by atoms with E-state index in [0.717, 1.165) is 11.3 Å². The molecule has 1 heterocycles. The molecule has 0 saturated heterocycles. The number of nitrogens with zero attached hydrogens (tertiary/aromatic N) is 1. The number of nitrogens with one attached hydrogen (secondary N) is 1. The highest BCUT2D eigenvalue weighted by molar-refractivity contribution is 6.35. The van der Waals surface area contributed by atoms with Gasteiger partial charge in [-0.3, -0.25) is 14.6 Å². The highest BCUT2D eigenvalue weighted by Crippen LogP contribution is 2.29. The summed E-state index contributed by atoms with van der Waals surface area (Å²) in [5.41, 5.74) is 1.83. The summed E-state index contributed by atoms with van der Waals surface area (Å²) >= 11 is 12.4. The van der Waals surface area contributed by atoms with Gasteiger partial charge >= 0.3 is 11.9 Å². The van der Waals surface area contributed by atoms with Gasteiger partial charge < -0.3 is 14.8 Å². The average molecular weight is 586 g/mol. The fourth-order valence-corrected chi connectivity index (χ4v) is 4.32. The molecular formula is C31H34Cl2N2O5. The van der Waals surface area contributed by atoms with Crippen LogP contribution in [0.5, 0.6) is 0 Å². The Bertz CT molecular complexity index is 1420. The third-order valence-electron chi connectivity index (χ3n) is 5.51. The molecule has 1 atom stereocenters. The SMILES string of the molecule is Cc1cc(-c2cc(NC(=O)C(Cc3ccc(Cl)cc3Cl)C(=O)OC(C)(C)C)cc(C(=O)OC(C)(C)C)c2)ccn1. The number of halogens is 2. The number of aromatic nitrogens is 1. The number of carbonyl (C=O) groups is 3. The first kappa shape index (κ1) is 31.1. The minimum absolute atomic E-state index is 0.0150. The van der Waals surface area contributed by atoms with Crippen molar-refractivity contribution in [3.63, 3.8) is 0 Å². The summed E-state index contributed by atoms with van der Waals surface area (Å²) in [4.78, 5) is 44.1. The number of hydrogen-bond acceptors (Lipinski definition) is 6. The van der Waals surface area contributed by atoms with Gasteiger partial charge in [-0.25, -0.2) is 4.79 Å². The van der Waals surface area contributed by atoms with E-state index in [0.29, 0.717) is 26.9 Å². The number of esters is 2. The van der Waals surface area contributed by atoms with Crippen LogP contribution in [0.3, 0.4) is 0 Å². The Kier molecular flexibility index (Phi) is 9.64. The minimum atomic E-state index is -1.23.